The van der Waals surface area contributed by atoms with Crippen molar-refractivity contribution in [3.05, 3.63) is 77.5 Å². The molecule has 0 saturated carbocycles. The maximum atomic E-state index is 11.2. The second-order valence-corrected chi connectivity index (χ2v) is 15.4. The molecule has 0 unspecified atom stereocenters. The van der Waals surface area contributed by atoms with E-state index in [1.165, 1.54) is 28.1 Å². The Labute approximate surface area is 210 Å². The fourth-order valence-electron chi connectivity index (χ4n) is 3.73. The van der Waals surface area contributed by atoms with E-state index < -0.39 is 14.2 Å². The molecule has 1 aromatic heterocycles. The van der Waals surface area contributed by atoms with Gasteiger partial charge in [-0.15, -0.1) is 0 Å². The monoisotopic (exact) mass is 493 g/mol. The highest BCUT2D eigenvalue weighted by Crippen LogP contribution is 2.36. The number of nitrogens with one attached hydrogen (secondary N) is 2. The molecular weight excluding hydrogens is 454 g/mol. The zero-order chi connectivity index (χ0) is 25.5. The van der Waals surface area contributed by atoms with E-state index in [9.17, 15) is 4.79 Å². The Morgan fingerprint density at radius 1 is 1.11 bits per heavy atom. The zero-order valence-corrected chi connectivity index (χ0v) is 22.6. The van der Waals surface area contributed by atoms with Gasteiger partial charge in [-0.05, 0) is 53.4 Å². The van der Waals surface area contributed by atoms with Crippen LogP contribution in [0.25, 0.3) is 17.0 Å². The maximum Gasteiger partial charge on any atom is 0.267 e. The first-order valence-corrected chi connectivity index (χ1v) is 15.1. The predicted molar refractivity (Wildman–Crippen MR) is 146 cm³/mol. The Morgan fingerprint density at radius 2 is 1.83 bits per heavy atom. The molecule has 0 aliphatic heterocycles. The third-order valence-electron chi connectivity index (χ3n) is 6.97. The van der Waals surface area contributed by atoms with Gasteiger partial charge in [0.05, 0.1) is 0 Å². The normalized spacial score (nSPS) is 12.7. The number of aromatic amines is 1. The van der Waals surface area contributed by atoms with Crippen LogP contribution in [0.5, 0.6) is 0 Å². The minimum absolute atomic E-state index is 0.193. The van der Waals surface area contributed by atoms with Crippen LogP contribution in [0.2, 0.25) is 18.1 Å². The molecule has 0 aliphatic carbocycles. The average Bonchev–Trinajstić information content (AvgIpc) is 3.24. The highest BCUT2D eigenvalue weighted by atomic mass is 28.4. The lowest BCUT2D eigenvalue weighted by molar-refractivity contribution is -0.124. The number of hydroxylamine groups is 1. The number of carbonyl (C=O) groups is 1. The van der Waals surface area contributed by atoms with Gasteiger partial charge in [0.2, 0.25) is 0 Å². The lowest BCUT2D eigenvalue weighted by Crippen LogP contribution is -2.43. The van der Waals surface area contributed by atoms with Crippen molar-refractivity contribution >= 4 is 31.2 Å². The van der Waals surface area contributed by atoms with Gasteiger partial charge in [0, 0.05) is 49.4 Å². The summed E-state index contributed by atoms with van der Waals surface area (Å²) in [6, 6.07) is 16.6. The third kappa shape index (κ3) is 7.63. The van der Waals surface area contributed by atoms with Gasteiger partial charge in [0.25, 0.3) is 5.91 Å². The van der Waals surface area contributed by atoms with E-state index in [1.54, 1.807) is 11.6 Å². The Morgan fingerprint density at radius 3 is 2.51 bits per heavy atom. The molecule has 0 saturated heterocycles. The number of rotatable bonds is 11. The predicted octanol–water partition coefficient (Wildman–Crippen LogP) is 5.75. The molecule has 0 atom stereocenters. The van der Waals surface area contributed by atoms with Gasteiger partial charge in [-0.25, -0.2) is 5.48 Å². The van der Waals surface area contributed by atoms with Crippen LogP contribution < -0.4 is 5.48 Å². The van der Waals surface area contributed by atoms with E-state index in [0.717, 1.165) is 38.2 Å². The molecular formula is C28H39N3O3Si. The van der Waals surface area contributed by atoms with Crippen molar-refractivity contribution in [3.63, 3.8) is 0 Å². The summed E-state index contributed by atoms with van der Waals surface area (Å²) >= 11 is 0. The molecule has 6 nitrogen and oxygen atoms in total. The Bertz CT molecular complexity index is 1130. The largest absolute Gasteiger partial charge is 0.416 e. The zero-order valence-electron chi connectivity index (χ0n) is 21.6. The number of carbonyl (C=O) groups excluding carboxylic acids is 1. The summed E-state index contributed by atoms with van der Waals surface area (Å²) in [5, 5.41) is 10.1. The van der Waals surface area contributed by atoms with E-state index in [4.69, 9.17) is 9.63 Å². The fourth-order valence-corrected chi connectivity index (χ4v) is 4.77. The van der Waals surface area contributed by atoms with Crippen LogP contribution >= 0.6 is 0 Å². The molecule has 188 valence electrons. The molecule has 0 bridgehead atoms. The minimum atomic E-state index is -1.80. The highest BCUT2D eigenvalue weighted by molar-refractivity contribution is 6.74. The molecule has 1 amide bonds. The number of benzene rings is 2. The summed E-state index contributed by atoms with van der Waals surface area (Å²) in [5.41, 5.74) is 6.23. The van der Waals surface area contributed by atoms with Gasteiger partial charge in [-0.2, -0.15) is 0 Å². The second-order valence-electron chi connectivity index (χ2n) is 10.5. The number of amides is 1. The SMILES string of the molecule is CC(C)(C)[Si](C)(C)OCCN(CCc1c[nH]c2ccccc12)Cc1ccc(/C=C/C(=O)NO)cc1. The molecule has 2 aromatic carbocycles. The molecule has 3 rings (SSSR count). The van der Waals surface area contributed by atoms with Gasteiger partial charge < -0.3 is 9.41 Å². The number of fused-ring (bicyclic) bond motifs is 1. The van der Waals surface area contributed by atoms with Crippen LogP contribution in [-0.4, -0.2) is 49.0 Å². The number of aromatic nitrogens is 1. The van der Waals surface area contributed by atoms with Crippen LogP contribution in [0.15, 0.2) is 60.8 Å². The third-order valence-corrected chi connectivity index (χ3v) is 11.5. The lowest BCUT2D eigenvalue weighted by Gasteiger charge is -2.37. The maximum absolute atomic E-state index is 11.2. The van der Waals surface area contributed by atoms with Crippen molar-refractivity contribution in [2.75, 3.05) is 19.7 Å². The first-order valence-electron chi connectivity index (χ1n) is 12.2. The van der Waals surface area contributed by atoms with Crippen molar-refractivity contribution in [3.8, 4) is 0 Å². The molecule has 3 N–H and O–H groups in total. The molecule has 0 spiro atoms. The van der Waals surface area contributed by atoms with Crippen molar-refractivity contribution in [2.45, 2.75) is 51.9 Å². The van der Waals surface area contributed by atoms with Gasteiger partial charge in [0.15, 0.2) is 8.32 Å². The fraction of sp³-hybridized carbons (Fsp3) is 0.393. The van der Waals surface area contributed by atoms with E-state index in [-0.39, 0.29) is 5.04 Å². The van der Waals surface area contributed by atoms with Crippen LogP contribution in [0.1, 0.15) is 37.5 Å². The molecule has 7 heteroatoms. The minimum Gasteiger partial charge on any atom is -0.416 e. The lowest BCUT2D eigenvalue weighted by atomic mass is 10.1. The van der Waals surface area contributed by atoms with Gasteiger partial charge in [-0.1, -0.05) is 63.2 Å². The van der Waals surface area contributed by atoms with Crippen molar-refractivity contribution < 1.29 is 14.4 Å². The quantitative estimate of drug-likeness (QED) is 0.137. The standard InChI is InChI=1S/C28H39N3O3Si/c1-28(2,3)35(4,5)34-19-18-31(17-16-24-20-29-26-9-7-6-8-25(24)26)21-23-12-10-22(11-13-23)14-15-27(32)30-33/h6-15,20,29,33H,16-19,21H2,1-5H3,(H,30,32)/b15-14+. The number of para-hydroxylation sites is 1. The molecule has 0 fully saturated rings. The number of nitrogens with zero attached hydrogens (tertiary/aromatic N) is 1. The number of hydrogen-bond donors (Lipinski definition) is 3. The summed E-state index contributed by atoms with van der Waals surface area (Å²) in [4.78, 5) is 17.1. The van der Waals surface area contributed by atoms with E-state index in [2.05, 4.69) is 86.3 Å². The second kappa shape index (κ2) is 11.8. The van der Waals surface area contributed by atoms with Crippen molar-refractivity contribution in [1.29, 1.82) is 0 Å². The van der Waals surface area contributed by atoms with Crippen molar-refractivity contribution in [2.24, 2.45) is 0 Å². The van der Waals surface area contributed by atoms with Gasteiger partial charge in [-0.3, -0.25) is 14.9 Å². The average molecular weight is 494 g/mol. The smallest absolute Gasteiger partial charge is 0.267 e. The van der Waals surface area contributed by atoms with Crippen molar-refractivity contribution in [1.82, 2.24) is 15.4 Å². The molecule has 0 aliphatic rings. The summed E-state index contributed by atoms with van der Waals surface area (Å²) in [5.74, 6) is -0.542. The highest BCUT2D eigenvalue weighted by Gasteiger charge is 2.37. The molecule has 3 aromatic rings. The molecule has 35 heavy (non-hydrogen) atoms. The first kappa shape index (κ1) is 26.9. The number of hydrogen-bond acceptors (Lipinski definition) is 4. The summed E-state index contributed by atoms with van der Waals surface area (Å²) in [6.07, 6.45) is 6.07. The summed E-state index contributed by atoms with van der Waals surface area (Å²) in [6.45, 7) is 14.8. The van der Waals surface area contributed by atoms with Gasteiger partial charge >= 0.3 is 0 Å². The van der Waals surface area contributed by atoms with E-state index in [1.807, 2.05) is 12.1 Å². The summed E-state index contributed by atoms with van der Waals surface area (Å²) in [7, 11) is -1.80. The molecule has 0 radical (unpaired) electrons. The Kier molecular flexibility index (Phi) is 9.07. The van der Waals surface area contributed by atoms with Gasteiger partial charge in [0.1, 0.15) is 0 Å². The Hall–Kier alpha value is -2.71. The van der Waals surface area contributed by atoms with Crippen LogP contribution in [0, 0.1) is 0 Å². The topological polar surface area (TPSA) is 77.6 Å². The van der Waals surface area contributed by atoms with Crippen LogP contribution in [-0.2, 0) is 22.2 Å². The number of H-pyrrole nitrogens is 1. The molecule has 1 heterocycles. The van der Waals surface area contributed by atoms with Crippen LogP contribution in [0.3, 0.4) is 0 Å². The Balaban J connectivity index is 1.68. The van der Waals surface area contributed by atoms with E-state index in [0.29, 0.717) is 0 Å². The van der Waals surface area contributed by atoms with E-state index >= 15 is 0 Å². The van der Waals surface area contributed by atoms with Crippen LogP contribution in [0.4, 0.5) is 0 Å². The summed E-state index contributed by atoms with van der Waals surface area (Å²) < 4.78 is 6.48. The first-order chi connectivity index (χ1) is 16.6.